The Bertz CT molecular complexity index is 673. The van der Waals surface area contributed by atoms with Crippen LogP contribution >= 0.6 is 0 Å². The van der Waals surface area contributed by atoms with Gasteiger partial charge in [0.2, 0.25) is 0 Å². The Balaban J connectivity index is 1.53. The molecule has 0 saturated carbocycles. The maximum atomic E-state index is 2.50. The Morgan fingerprint density at radius 2 is 1.16 bits per heavy atom. The van der Waals surface area contributed by atoms with Gasteiger partial charge < -0.3 is 0 Å². The van der Waals surface area contributed by atoms with Gasteiger partial charge in [0, 0.05) is 0 Å². The fourth-order valence-electron chi connectivity index (χ4n) is 4.78. The first kappa shape index (κ1) is 26.7. The van der Waals surface area contributed by atoms with Crippen LogP contribution in [-0.4, -0.2) is 4.57 Å². The number of benzene rings is 1. The third-order valence-corrected chi connectivity index (χ3v) is 6.76. The SMILES string of the molecule is CCCCCCCCCCCCCCCCC[n+]1ccn(CCC)c1Cc1ccccc1. The van der Waals surface area contributed by atoms with Gasteiger partial charge in [-0.05, 0) is 24.8 Å². The van der Waals surface area contributed by atoms with E-state index >= 15 is 0 Å². The standard InChI is InChI=1S/C30H51N2/c1-3-5-6-7-8-9-10-11-12-13-14-15-16-17-21-25-32-27-26-31(24-4-2)30(32)28-29-22-19-18-20-23-29/h18-20,22-23,26-27H,3-17,21,24-25,28H2,1-2H3/q+1. The van der Waals surface area contributed by atoms with E-state index in [4.69, 9.17) is 0 Å². The monoisotopic (exact) mass is 439 g/mol. The molecule has 2 aromatic rings. The summed E-state index contributed by atoms with van der Waals surface area (Å²) in [5.41, 5.74) is 1.41. The molecular formula is C30H51N2+. The summed E-state index contributed by atoms with van der Waals surface area (Å²) in [6.07, 6.45) is 28.2. The van der Waals surface area contributed by atoms with E-state index in [0.29, 0.717) is 0 Å². The summed E-state index contributed by atoms with van der Waals surface area (Å²) < 4.78 is 4.96. The molecule has 1 heterocycles. The van der Waals surface area contributed by atoms with Crippen molar-refractivity contribution in [1.82, 2.24) is 4.57 Å². The molecule has 0 aliphatic heterocycles. The number of rotatable bonds is 20. The molecule has 0 N–H and O–H groups in total. The van der Waals surface area contributed by atoms with Crippen LogP contribution < -0.4 is 4.57 Å². The van der Waals surface area contributed by atoms with Gasteiger partial charge in [0.25, 0.3) is 5.82 Å². The predicted octanol–water partition coefficient (Wildman–Crippen LogP) is 8.65. The topological polar surface area (TPSA) is 8.81 Å². The first-order valence-corrected chi connectivity index (χ1v) is 14.0. The lowest BCUT2D eigenvalue weighted by molar-refractivity contribution is -0.703. The molecule has 0 atom stereocenters. The van der Waals surface area contributed by atoms with Gasteiger partial charge in [-0.2, -0.15) is 0 Å². The number of aryl methyl sites for hydroxylation is 2. The van der Waals surface area contributed by atoms with Crippen LogP contribution in [-0.2, 0) is 19.5 Å². The minimum absolute atomic E-state index is 1.03. The van der Waals surface area contributed by atoms with Crippen molar-refractivity contribution in [3.63, 3.8) is 0 Å². The maximum Gasteiger partial charge on any atom is 0.260 e. The van der Waals surface area contributed by atoms with E-state index in [9.17, 15) is 0 Å². The smallest absolute Gasteiger partial charge is 0.234 e. The molecule has 0 unspecified atom stereocenters. The average molecular weight is 440 g/mol. The summed E-state index contributed by atoms with van der Waals surface area (Å²) >= 11 is 0. The lowest BCUT2D eigenvalue weighted by Gasteiger charge is -2.06. The zero-order valence-electron chi connectivity index (χ0n) is 21.4. The predicted molar refractivity (Wildman–Crippen MR) is 139 cm³/mol. The van der Waals surface area contributed by atoms with Gasteiger partial charge in [-0.3, -0.25) is 0 Å². The minimum Gasteiger partial charge on any atom is -0.234 e. The van der Waals surface area contributed by atoms with Crippen LogP contribution in [0.2, 0.25) is 0 Å². The Labute approximate surface area is 199 Å². The van der Waals surface area contributed by atoms with E-state index in [1.54, 1.807) is 0 Å². The van der Waals surface area contributed by atoms with Gasteiger partial charge in [-0.25, -0.2) is 9.13 Å². The molecule has 0 fully saturated rings. The van der Waals surface area contributed by atoms with E-state index in [1.807, 2.05) is 0 Å². The van der Waals surface area contributed by atoms with Crippen molar-refractivity contribution in [3.05, 3.63) is 54.1 Å². The highest BCUT2D eigenvalue weighted by Crippen LogP contribution is 2.14. The third kappa shape index (κ3) is 11.3. The fraction of sp³-hybridized carbons (Fsp3) is 0.700. The number of hydrogen-bond acceptors (Lipinski definition) is 0. The van der Waals surface area contributed by atoms with Gasteiger partial charge in [0.05, 0.1) is 19.5 Å². The van der Waals surface area contributed by atoms with Crippen molar-refractivity contribution < 1.29 is 4.57 Å². The van der Waals surface area contributed by atoms with Crippen LogP contribution in [0.1, 0.15) is 128 Å². The maximum absolute atomic E-state index is 2.50. The zero-order valence-corrected chi connectivity index (χ0v) is 21.4. The van der Waals surface area contributed by atoms with Gasteiger partial charge in [-0.1, -0.05) is 128 Å². The first-order valence-electron chi connectivity index (χ1n) is 14.0. The second-order valence-electron chi connectivity index (χ2n) is 9.71. The van der Waals surface area contributed by atoms with Crippen molar-refractivity contribution in [2.24, 2.45) is 0 Å². The highest BCUT2D eigenvalue weighted by atomic mass is 15.1. The van der Waals surface area contributed by atoms with E-state index in [2.05, 4.69) is 65.7 Å². The molecule has 2 heteroatoms. The van der Waals surface area contributed by atoms with E-state index < -0.39 is 0 Å². The number of imidazole rings is 1. The van der Waals surface area contributed by atoms with Crippen LogP contribution in [0.3, 0.4) is 0 Å². The quantitative estimate of drug-likeness (QED) is 0.144. The first-order chi connectivity index (χ1) is 15.8. The largest absolute Gasteiger partial charge is 0.260 e. The van der Waals surface area contributed by atoms with E-state index in [1.165, 1.54) is 114 Å². The summed E-state index contributed by atoms with van der Waals surface area (Å²) in [5, 5.41) is 0. The Kier molecular flexibility index (Phi) is 14.9. The van der Waals surface area contributed by atoms with Crippen LogP contribution in [0.4, 0.5) is 0 Å². The molecule has 1 aromatic heterocycles. The molecule has 180 valence electrons. The molecule has 32 heavy (non-hydrogen) atoms. The minimum atomic E-state index is 1.03. The third-order valence-electron chi connectivity index (χ3n) is 6.76. The Hall–Kier alpha value is -1.57. The van der Waals surface area contributed by atoms with E-state index in [-0.39, 0.29) is 0 Å². The van der Waals surface area contributed by atoms with Crippen molar-refractivity contribution in [2.45, 2.75) is 136 Å². The molecule has 2 rings (SSSR count). The Morgan fingerprint density at radius 3 is 1.69 bits per heavy atom. The van der Waals surface area contributed by atoms with Crippen molar-refractivity contribution in [2.75, 3.05) is 0 Å². The normalized spacial score (nSPS) is 11.3. The lowest BCUT2D eigenvalue weighted by Crippen LogP contribution is -2.37. The van der Waals surface area contributed by atoms with Crippen LogP contribution in [0.5, 0.6) is 0 Å². The summed E-state index contributed by atoms with van der Waals surface area (Å²) in [4.78, 5) is 0. The van der Waals surface area contributed by atoms with E-state index in [0.717, 1.165) is 19.5 Å². The summed E-state index contributed by atoms with van der Waals surface area (Å²) in [6.45, 7) is 6.85. The molecular weight excluding hydrogens is 388 g/mol. The molecule has 0 bridgehead atoms. The molecule has 2 nitrogen and oxygen atoms in total. The van der Waals surface area contributed by atoms with Crippen molar-refractivity contribution >= 4 is 0 Å². The summed E-state index contributed by atoms with van der Waals surface area (Å²) in [7, 11) is 0. The average Bonchev–Trinajstić information content (AvgIpc) is 3.18. The van der Waals surface area contributed by atoms with Crippen LogP contribution in [0.15, 0.2) is 42.7 Å². The number of unbranched alkanes of at least 4 members (excludes halogenated alkanes) is 14. The van der Waals surface area contributed by atoms with Crippen molar-refractivity contribution in [3.8, 4) is 0 Å². The summed E-state index contributed by atoms with van der Waals surface area (Å²) in [6, 6.07) is 10.9. The molecule has 0 saturated heterocycles. The van der Waals surface area contributed by atoms with Gasteiger partial charge in [0.1, 0.15) is 12.4 Å². The zero-order chi connectivity index (χ0) is 22.7. The number of hydrogen-bond donors (Lipinski definition) is 0. The Morgan fingerprint density at radius 1 is 0.625 bits per heavy atom. The second kappa shape index (κ2) is 17.9. The second-order valence-corrected chi connectivity index (χ2v) is 9.71. The summed E-state index contributed by atoms with van der Waals surface area (Å²) in [5.74, 6) is 1.46. The molecule has 0 aliphatic carbocycles. The highest BCUT2D eigenvalue weighted by molar-refractivity contribution is 5.18. The molecule has 0 aliphatic rings. The lowest BCUT2D eigenvalue weighted by atomic mass is 10.0. The number of aromatic nitrogens is 2. The fourth-order valence-corrected chi connectivity index (χ4v) is 4.78. The van der Waals surface area contributed by atoms with Gasteiger partial charge >= 0.3 is 0 Å². The molecule has 0 spiro atoms. The van der Waals surface area contributed by atoms with Gasteiger partial charge in [0.15, 0.2) is 0 Å². The molecule has 0 amide bonds. The van der Waals surface area contributed by atoms with Gasteiger partial charge in [-0.15, -0.1) is 0 Å². The highest BCUT2D eigenvalue weighted by Gasteiger charge is 2.16. The van der Waals surface area contributed by atoms with Crippen LogP contribution in [0, 0.1) is 0 Å². The molecule has 0 radical (unpaired) electrons. The number of nitrogens with zero attached hydrogens (tertiary/aromatic N) is 2. The van der Waals surface area contributed by atoms with Crippen molar-refractivity contribution in [1.29, 1.82) is 0 Å². The van der Waals surface area contributed by atoms with Crippen LogP contribution in [0.25, 0.3) is 0 Å². The molecule has 1 aromatic carbocycles.